The van der Waals surface area contributed by atoms with E-state index in [0.717, 1.165) is 6.07 Å². The maximum Gasteiger partial charge on any atom is 0.255 e. The highest BCUT2D eigenvalue weighted by Gasteiger charge is 2.19. The number of rotatable bonds is 4. The topological polar surface area (TPSA) is 44.1 Å². The average Bonchev–Trinajstić information content (AvgIpc) is 2.34. The van der Waals surface area contributed by atoms with Gasteiger partial charge in [-0.25, -0.2) is 4.39 Å². The Morgan fingerprint density at radius 1 is 1.61 bits per heavy atom. The third kappa shape index (κ3) is 3.44. The molecule has 0 radical (unpaired) electrons. The lowest BCUT2D eigenvalue weighted by Gasteiger charge is -2.22. The molecule has 0 aliphatic rings. The van der Waals surface area contributed by atoms with Gasteiger partial charge in [-0.05, 0) is 32.0 Å². The predicted octanol–water partition coefficient (Wildman–Crippen LogP) is 3.10. The number of hydrogen-bond donors (Lipinski definition) is 0. The third-order valence-electron chi connectivity index (χ3n) is 2.55. The fourth-order valence-electron chi connectivity index (χ4n) is 1.56. The van der Waals surface area contributed by atoms with Crippen molar-refractivity contribution in [1.29, 1.82) is 5.26 Å². The van der Waals surface area contributed by atoms with E-state index in [9.17, 15) is 9.18 Å². The third-order valence-corrected chi connectivity index (χ3v) is 2.86. The summed E-state index contributed by atoms with van der Waals surface area (Å²) < 4.78 is 12.9. The fourth-order valence-corrected chi connectivity index (χ4v) is 1.81. The maximum absolute atomic E-state index is 12.9. The second-order valence-corrected chi connectivity index (χ2v) is 4.41. The molecule has 0 spiro atoms. The SMILES string of the molecule is CCN(CC(C)C#N)C(=O)c1ccc(F)cc1Cl. The Morgan fingerprint density at radius 3 is 2.78 bits per heavy atom. The number of carbonyl (C=O) groups excluding carboxylic acids is 1. The van der Waals surface area contributed by atoms with Gasteiger partial charge in [0, 0.05) is 13.1 Å². The van der Waals surface area contributed by atoms with Crippen molar-refractivity contribution in [3.63, 3.8) is 0 Å². The quantitative estimate of drug-likeness (QED) is 0.842. The van der Waals surface area contributed by atoms with Crippen LogP contribution in [0.5, 0.6) is 0 Å². The van der Waals surface area contributed by atoms with Crippen LogP contribution in [0, 0.1) is 23.1 Å². The van der Waals surface area contributed by atoms with Crippen LogP contribution in [-0.4, -0.2) is 23.9 Å². The molecular formula is C13H14ClFN2O. The highest BCUT2D eigenvalue weighted by atomic mass is 35.5. The van der Waals surface area contributed by atoms with Gasteiger partial charge in [-0.2, -0.15) is 5.26 Å². The molecule has 0 aromatic heterocycles. The van der Waals surface area contributed by atoms with Gasteiger partial charge in [0.15, 0.2) is 0 Å². The molecule has 0 saturated heterocycles. The minimum absolute atomic E-state index is 0.0862. The molecule has 1 unspecified atom stereocenters. The second-order valence-electron chi connectivity index (χ2n) is 4.00. The van der Waals surface area contributed by atoms with Gasteiger partial charge in [0.2, 0.25) is 0 Å². The zero-order valence-electron chi connectivity index (χ0n) is 10.3. The molecule has 0 N–H and O–H groups in total. The van der Waals surface area contributed by atoms with E-state index in [4.69, 9.17) is 16.9 Å². The summed E-state index contributed by atoms with van der Waals surface area (Å²) in [5, 5.41) is 8.85. The van der Waals surface area contributed by atoms with Gasteiger partial charge < -0.3 is 4.90 Å². The van der Waals surface area contributed by atoms with Crippen molar-refractivity contribution in [2.75, 3.05) is 13.1 Å². The van der Waals surface area contributed by atoms with E-state index in [1.165, 1.54) is 17.0 Å². The lowest BCUT2D eigenvalue weighted by molar-refractivity contribution is 0.0753. The van der Waals surface area contributed by atoms with Crippen LogP contribution >= 0.6 is 11.6 Å². The van der Waals surface area contributed by atoms with E-state index in [0.29, 0.717) is 13.1 Å². The smallest absolute Gasteiger partial charge is 0.255 e. The summed E-state index contributed by atoms with van der Waals surface area (Å²) in [4.78, 5) is 13.7. The van der Waals surface area contributed by atoms with E-state index < -0.39 is 5.82 Å². The van der Waals surface area contributed by atoms with Crippen LogP contribution in [0.1, 0.15) is 24.2 Å². The summed E-state index contributed by atoms with van der Waals surface area (Å²) in [6.45, 7) is 4.36. The van der Waals surface area contributed by atoms with Crippen LogP contribution in [0.25, 0.3) is 0 Å². The number of halogens is 2. The largest absolute Gasteiger partial charge is 0.338 e. The molecule has 5 heteroatoms. The Labute approximate surface area is 111 Å². The Balaban J connectivity index is 2.94. The summed E-state index contributed by atoms with van der Waals surface area (Å²) in [5.74, 6) is -1.03. The zero-order chi connectivity index (χ0) is 13.7. The van der Waals surface area contributed by atoms with E-state index in [1.54, 1.807) is 6.92 Å². The summed E-state index contributed by atoms with van der Waals surface area (Å²) in [7, 11) is 0. The molecule has 1 aromatic rings. The number of nitrogens with zero attached hydrogens (tertiary/aromatic N) is 2. The van der Waals surface area contributed by atoms with Crippen molar-refractivity contribution in [2.24, 2.45) is 5.92 Å². The van der Waals surface area contributed by atoms with Crippen LogP contribution in [-0.2, 0) is 0 Å². The molecule has 1 aromatic carbocycles. The second kappa shape index (κ2) is 6.36. The van der Waals surface area contributed by atoms with Crippen molar-refractivity contribution in [3.8, 4) is 6.07 Å². The molecule has 1 atom stereocenters. The maximum atomic E-state index is 12.9. The average molecular weight is 269 g/mol. The predicted molar refractivity (Wildman–Crippen MR) is 67.8 cm³/mol. The molecule has 0 aliphatic carbocycles. The van der Waals surface area contributed by atoms with Crippen LogP contribution in [0.4, 0.5) is 4.39 Å². The van der Waals surface area contributed by atoms with Gasteiger partial charge in [0.05, 0.1) is 22.6 Å². The molecule has 1 rings (SSSR count). The number of carbonyl (C=O) groups is 1. The van der Waals surface area contributed by atoms with Crippen LogP contribution in [0.3, 0.4) is 0 Å². The van der Waals surface area contributed by atoms with Crippen LogP contribution < -0.4 is 0 Å². The molecule has 0 bridgehead atoms. The highest BCUT2D eigenvalue weighted by Crippen LogP contribution is 2.19. The fraction of sp³-hybridized carbons (Fsp3) is 0.385. The first-order valence-corrected chi connectivity index (χ1v) is 6.01. The van der Waals surface area contributed by atoms with Crippen molar-refractivity contribution in [3.05, 3.63) is 34.6 Å². The first-order valence-electron chi connectivity index (χ1n) is 5.63. The molecular weight excluding hydrogens is 255 g/mol. The van der Waals surface area contributed by atoms with E-state index >= 15 is 0 Å². The minimum Gasteiger partial charge on any atom is -0.338 e. The number of amides is 1. The summed E-state index contributed by atoms with van der Waals surface area (Å²) in [6.07, 6.45) is 0. The van der Waals surface area contributed by atoms with Crippen molar-refractivity contribution in [1.82, 2.24) is 4.90 Å². The summed E-state index contributed by atoms with van der Waals surface area (Å²) >= 11 is 5.84. The van der Waals surface area contributed by atoms with E-state index in [1.807, 2.05) is 6.92 Å². The number of benzene rings is 1. The highest BCUT2D eigenvalue weighted by molar-refractivity contribution is 6.33. The lowest BCUT2D eigenvalue weighted by atomic mass is 10.1. The number of nitriles is 1. The van der Waals surface area contributed by atoms with Gasteiger partial charge in [-0.15, -0.1) is 0 Å². The first-order chi connectivity index (χ1) is 8.49. The standard InChI is InChI=1S/C13H14ClFN2O/c1-3-17(8-9(2)7-16)13(18)11-5-4-10(15)6-12(11)14/h4-6,9H,3,8H2,1-2H3. The normalized spacial score (nSPS) is 11.7. The monoisotopic (exact) mass is 268 g/mol. The summed E-state index contributed by atoms with van der Waals surface area (Å²) in [5.41, 5.74) is 0.255. The van der Waals surface area contributed by atoms with Gasteiger partial charge >= 0.3 is 0 Å². The Morgan fingerprint density at radius 2 is 2.28 bits per heavy atom. The lowest BCUT2D eigenvalue weighted by Crippen LogP contribution is -2.34. The molecule has 3 nitrogen and oxygen atoms in total. The Hall–Kier alpha value is -1.60. The molecule has 96 valence electrons. The number of hydrogen-bond acceptors (Lipinski definition) is 2. The zero-order valence-corrected chi connectivity index (χ0v) is 11.0. The van der Waals surface area contributed by atoms with Gasteiger partial charge in [-0.1, -0.05) is 11.6 Å². The van der Waals surface area contributed by atoms with Crippen molar-refractivity contribution >= 4 is 17.5 Å². The first kappa shape index (κ1) is 14.5. The Bertz CT molecular complexity index is 484. The van der Waals surface area contributed by atoms with Crippen molar-refractivity contribution in [2.45, 2.75) is 13.8 Å². The molecule has 0 heterocycles. The molecule has 18 heavy (non-hydrogen) atoms. The van der Waals surface area contributed by atoms with Gasteiger partial charge in [0.25, 0.3) is 5.91 Å². The Kier molecular flexibility index (Phi) is 5.11. The molecule has 0 aliphatic heterocycles. The minimum atomic E-state index is -0.481. The van der Waals surface area contributed by atoms with Gasteiger partial charge in [0.1, 0.15) is 5.82 Å². The van der Waals surface area contributed by atoms with Gasteiger partial charge in [-0.3, -0.25) is 4.79 Å². The molecule has 0 fully saturated rings. The van der Waals surface area contributed by atoms with Crippen LogP contribution in [0.2, 0.25) is 5.02 Å². The van der Waals surface area contributed by atoms with Crippen LogP contribution in [0.15, 0.2) is 18.2 Å². The summed E-state index contributed by atoms with van der Waals surface area (Å²) in [6, 6.07) is 5.74. The molecule has 0 saturated carbocycles. The van der Waals surface area contributed by atoms with Crippen molar-refractivity contribution < 1.29 is 9.18 Å². The van der Waals surface area contributed by atoms with E-state index in [2.05, 4.69) is 6.07 Å². The molecule has 1 amide bonds. The van der Waals surface area contributed by atoms with E-state index in [-0.39, 0.29) is 22.4 Å².